The summed E-state index contributed by atoms with van der Waals surface area (Å²) in [6, 6.07) is 3.23. The fourth-order valence-corrected chi connectivity index (χ4v) is 3.86. The topological polar surface area (TPSA) is 90.7 Å². The van der Waals surface area contributed by atoms with E-state index < -0.39 is 10.0 Å². The molecule has 0 atom stereocenters. The number of hydrogen-bond acceptors (Lipinski definition) is 5. The molecular weight excluding hydrogens is 304 g/mol. The van der Waals surface area contributed by atoms with Crippen LogP contribution in [-0.4, -0.2) is 27.3 Å². The lowest BCUT2D eigenvalue weighted by molar-refractivity contribution is 0.174. The second-order valence-electron chi connectivity index (χ2n) is 5.02. The molecule has 1 saturated carbocycles. The fraction of sp³-hybridized carbons (Fsp3) is 0.500. The van der Waals surface area contributed by atoms with Crippen LogP contribution < -0.4 is 19.9 Å². The SMILES string of the molecule is Cc1cc2c(cc1S(=O)(=O)NC1CC(N)C1)OCO2.Cl. The Morgan fingerprint density at radius 2 is 1.85 bits per heavy atom. The molecule has 1 aromatic carbocycles. The van der Waals surface area contributed by atoms with E-state index in [9.17, 15) is 8.42 Å². The molecule has 0 radical (unpaired) electrons. The van der Waals surface area contributed by atoms with E-state index in [4.69, 9.17) is 15.2 Å². The average Bonchev–Trinajstić information content (AvgIpc) is 2.72. The second-order valence-corrected chi connectivity index (χ2v) is 6.70. The Hall–Kier alpha value is -1.02. The summed E-state index contributed by atoms with van der Waals surface area (Å²) in [5, 5.41) is 0. The van der Waals surface area contributed by atoms with E-state index >= 15 is 0 Å². The first kappa shape index (κ1) is 15.4. The summed E-state index contributed by atoms with van der Waals surface area (Å²) in [6.07, 6.45) is 1.37. The molecule has 112 valence electrons. The summed E-state index contributed by atoms with van der Waals surface area (Å²) in [5.74, 6) is 1.05. The van der Waals surface area contributed by atoms with Crippen LogP contribution in [0.2, 0.25) is 0 Å². The van der Waals surface area contributed by atoms with Crippen molar-refractivity contribution in [1.29, 1.82) is 0 Å². The average molecular weight is 321 g/mol. The van der Waals surface area contributed by atoms with Crippen LogP contribution in [0.5, 0.6) is 11.5 Å². The molecule has 0 bridgehead atoms. The zero-order valence-electron chi connectivity index (χ0n) is 11.0. The van der Waals surface area contributed by atoms with Crippen LogP contribution in [0.15, 0.2) is 17.0 Å². The first-order valence-corrected chi connectivity index (χ1v) is 7.62. The number of halogens is 1. The molecule has 6 nitrogen and oxygen atoms in total. The van der Waals surface area contributed by atoms with Gasteiger partial charge in [0, 0.05) is 18.2 Å². The van der Waals surface area contributed by atoms with Crippen LogP contribution in [0.3, 0.4) is 0 Å². The summed E-state index contributed by atoms with van der Waals surface area (Å²) in [6.45, 7) is 1.87. The summed E-state index contributed by atoms with van der Waals surface area (Å²) < 4.78 is 37.7. The van der Waals surface area contributed by atoms with Gasteiger partial charge >= 0.3 is 0 Å². The minimum absolute atomic E-state index is 0. The number of benzene rings is 1. The van der Waals surface area contributed by atoms with E-state index in [1.807, 2.05) is 0 Å². The molecule has 1 aromatic rings. The summed E-state index contributed by atoms with van der Waals surface area (Å²) in [7, 11) is -3.54. The minimum atomic E-state index is -3.54. The summed E-state index contributed by atoms with van der Waals surface area (Å²) in [4.78, 5) is 0.234. The molecule has 8 heteroatoms. The highest BCUT2D eigenvalue weighted by Crippen LogP contribution is 2.36. The van der Waals surface area contributed by atoms with Crippen LogP contribution in [0.1, 0.15) is 18.4 Å². The van der Waals surface area contributed by atoms with Crippen molar-refractivity contribution >= 4 is 22.4 Å². The molecule has 0 amide bonds. The quantitative estimate of drug-likeness (QED) is 0.864. The number of nitrogens with two attached hydrogens (primary N) is 1. The molecule has 1 fully saturated rings. The molecule has 2 aliphatic rings. The Bertz CT molecular complexity index is 614. The Morgan fingerprint density at radius 3 is 2.45 bits per heavy atom. The van der Waals surface area contributed by atoms with Gasteiger partial charge < -0.3 is 15.2 Å². The molecule has 0 unspecified atom stereocenters. The molecule has 3 rings (SSSR count). The van der Waals surface area contributed by atoms with Gasteiger partial charge in [0.15, 0.2) is 11.5 Å². The van der Waals surface area contributed by atoms with Crippen molar-refractivity contribution < 1.29 is 17.9 Å². The van der Waals surface area contributed by atoms with Gasteiger partial charge in [-0.2, -0.15) is 0 Å². The van der Waals surface area contributed by atoms with E-state index in [0.29, 0.717) is 29.9 Å². The van der Waals surface area contributed by atoms with E-state index in [0.717, 1.165) is 0 Å². The first-order chi connectivity index (χ1) is 8.95. The fourth-order valence-electron chi connectivity index (χ4n) is 2.36. The van der Waals surface area contributed by atoms with Gasteiger partial charge in [-0.05, 0) is 31.4 Å². The standard InChI is InChI=1S/C12H16N2O4S.ClH/c1-7-2-10-11(18-6-17-10)5-12(7)19(15,16)14-9-3-8(13)4-9;/h2,5,8-9,14H,3-4,6,13H2,1H3;1H. The van der Waals surface area contributed by atoms with E-state index in [1.165, 1.54) is 6.07 Å². The predicted molar refractivity (Wildman–Crippen MR) is 75.9 cm³/mol. The smallest absolute Gasteiger partial charge is 0.241 e. The molecular formula is C12H17ClN2O4S. The molecule has 0 aromatic heterocycles. The van der Waals surface area contributed by atoms with Crippen molar-refractivity contribution in [3.63, 3.8) is 0 Å². The van der Waals surface area contributed by atoms with Crippen LogP contribution in [0.4, 0.5) is 0 Å². The highest BCUT2D eigenvalue weighted by Gasteiger charge is 2.31. The lowest BCUT2D eigenvalue weighted by Crippen LogP contribution is -2.50. The third-order valence-electron chi connectivity index (χ3n) is 3.46. The van der Waals surface area contributed by atoms with Gasteiger partial charge in [-0.3, -0.25) is 0 Å². The highest BCUT2D eigenvalue weighted by atomic mass is 35.5. The first-order valence-electron chi connectivity index (χ1n) is 6.14. The highest BCUT2D eigenvalue weighted by molar-refractivity contribution is 7.89. The summed E-state index contributed by atoms with van der Waals surface area (Å²) >= 11 is 0. The zero-order valence-corrected chi connectivity index (χ0v) is 12.6. The second kappa shape index (κ2) is 5.40. The number of nitrogens with one attached hydrogen (secondary N) is 1. The number of aryl methyl sites for hydroxylation is 1. The molecule has 20 heavy (non-hydrogen) atoms. The minimum Gasteiger partial charge on any atom is -0.454 e. The number of rotatable bonds is 3. The predicted octanol–water partition coefficient (Wildman–Crippen LogP) is 0.914. The normalized spacial score (nSPS) is 23.9. The Morgan fingerprint density at radius 1 is 1.25 bits per heavy atom. The van der Waals surface area contributed by atoms with Crippen molar-refractivity contribution in [3.8, 4) is 11.5 Å². The number of sulfonamides is 1. The molecule has 1 heterocycles. The zero-order chi connectivity index (χ0) is 13.6. The maximum Gasteiger partial charge on any atom is 0.241 e. The van der Waals surface area contributed by atoms with Crippen LogP contribution in [-0.2, 0) is 10.0 Å². The molecule has 0 spiro atoms. The molecule has 1 aliphatic heterocycles. The number of hydrogen-bond donors (Lipinski definition) is 2. The van der Waals surface area contributed by atoms with Gasteiger partial charge in [0.1, 0.15) is 0 Å². The van der Waals surface area contributed by atoms with Gasteiger partial charge in [-0.1, -0.05) is 0 Å². The van der Waals surface area contributed by atoms with Crippen molar-refractivity contribution in [2.75, 3.05) is 6.79 Å². The summed E-state index contributed by atoms with van der Waals surface area (Å²) in [5.41, 5.74) is 6.30. The Labute approximate surface area is 124 Å². The lowest BCUT2D eigenvalue weighted by atomic mass is 9.89. The van der Waals surface area contributed by atoms with Gasteiger partial charge in [0.05, 0.1) is 4.90 Å². The molecule has 0 saturated heterocycles. The number of ether oxygens (including phenoxy) is 2. The van der Waals surface area contributed by atoms with Gasteiger partial charge in [-0.25, -0.2) is 13.1 Å². The van der Waals surface area contributed by atoms with Gasteiger partial charge in [-0.15, -0.1) is 12.4 Å². The van der Waals surface area contributed by atoms with Crippen molar-refractivity contribution in [2.45, 2.75) is 36.7 Å². The third kappa shape index (κ3) is 2.71. The van der Waals surface area contributed by atoms with E-state index in [1.54, 1.807) is 13.0 Å². The van der Waals surface area contributed by atoms with Crippen LogP contribution >= 0.6 is 12.4 Å². The largest absolute Gasteiger partial charge is 0.454 e. The van der Waals surface area contributed by atoms with Gasteiger partial charge in [0.2, 0.25) is 16.8 Å². The lowest BCUT2D eigenvalue weighted by Gasteiger charge is -2.32. The van der Waals surface area contributed by atoms with Gasteiger partial charge in [0.25, 0.3) is 0 Å². The third-order valence-corrected chi connectivity index (χ3v) is 5.12. The Balaban J connectivity index is 0.00000147. The maximum atomic E-state index is 12.3. The molecule has 3 N–H and O–H groups in total. The van der Waals surface area contributed by atoms with E-state index in [-0.39, 0.29) is 36.2 Å². The maximum absolute atomic E-state index is 12.3. The monoisotopic (exact) mass is 320 g/mol. The number of fused-ring (bicyclic) bond motifs is 1. The molecule has 1 aliphatic carbocycles. The van der Waals surface area contributed by atoms with Crippen molar-refractivity contribution in [2.24, 2.45) is 5.73 Å². The van der Waals surface area contributed by atoms with Crippen LogP contribution in [0.25, 0.3) is 0 Å². The van der Waals surface area contributed by atoms with E-state index in [2.05, 4.69) is 4.72 Å². The van der Waals surface area contributed by atoms with Crippen molar-refractivity contribution in [1.82, 2.24) is 4.72 Å². The van der Waals surface area contributed by atoms with Crippen molar-refractivity contribution in [3.05, 3.63) is 17.7 Å². The Kier molecular flexibility index (Phi) is 4.15. The van der Waals surface area contributed by atoms with Crippen LogP contribution in [0, 0.1) is 6.92 Å².